The van der Waals surface area contributed by atoms with Gasteiger partial charge in [0.05, 0.1) is 17.9 Å². The largest absolute Gasteiger partial charge is 0.360 e. The number of aryl methyl sites for hydroxylation is 2. The number of aromatic amines is 1. The topological polar surface area (TPSA) is 79.4 Å². The number of anilines is 1. The zero-order valence-electron chi connectivity index (χ0n) is 8.95. The lowest BCUT2D eigenvalue weighted by molar-refractivity contribution is 0.936. The Morgan fingerprint density at radius 2 is 2.06 bits per heavy atom. The number of hydrogen-bond donors (Lipinski definition) is 2. The molecule has 6 nitrogen and oxygen atoms in total. The Bertz CT molecular complexity index is 481. The van der Waals surface area contributed by atoms with Gasteiger partial charge in [-0.3, -0.25) is 5.10 Å². The van der Waals surface area contributed by atoms with Gasteiger partial charge in [-0.2, -0.15) is 5.10 Å². The van der Waals surface area contributed by atoms with Crippen LogP contribution in [0.3, 0.4) is 0 Å². The fraction of sp³-hybridized carbons (Fsp3) is 0.333. The highest BCUT2D eigenvalue weighted by atomic mass is 35.5. The molecule has 0 bridgehead atoms. The molecule has 2 rings (SSSR count). The average molecular weight is 239 g/mol. The van der Waals surface area contributed by atoms with E-state index in [9.17, 15) is 0 Å². The third-order valence-electron chi connectivity index (χ3n) is 2.15. The van der Waals surface area contributed by atoms with Crippen LogP contribution < -0.4 is 5.32 Å². The predicted octanol–water partition coefficient (Wildman–Crippen LogP) is 1.48. The van der Waals surface area contributed by atoms with Crippen molar-refractivity contribution in [3.63, 3.8) is 0 Å². The van der Waals surface area contributed by atoms with Gasteiger partial charge in [-0.15, -0.1) is 0 Å². The Morgan fingerprint density at radius 1 is 1.31 bits per heavy atom. The van der Waals surface area contributed by atoms with Crippen LogP contribution in [0.15, 0.2) is 6.33 Å². The van der Waals surface area contributed by atoms with Gasteiger partial charge in [-0.25, -0.2) is 15.0 Å². The van der Waals surface area contributed by atoms with Gasteiger partial charge in [-0.1, -0.05) is 11.6 Å². The van der Waals surface area contributed by atoms with Gasteiger partial charge in [-0.05, 0) is 13.8 Å². The van der Waals surface area contributed by atoms with E-state index in [-0.39, 0.29) is 0 Å². The molecule has 0 aliphatic heterocycles. The van der Waals surface area contributed by atoms with Crippen LogP contribution in [0.2, 0.25) is 5.15 Å². The van der Waals surface area contributed by atoms with Crippen molar-refractivity contribution in [2.24, 2.45) is 0 Å². The second-order valence-electron chi connectivity index (χ2n) is 3.32. The highest BCUT2D eigenvalue weighted by Gasteiger charge is 2.07. The van der Waals surface area contributed by atoms with Crippen molar-refractivity contribution in [3.8, 4) is 0 Å². The zero-order valence-corrected chi connectivity index (χ0v) is 9.71. The van der Waals surface area contributed by atoms with E-state index in [1.807, 2.05) is 13.8 Å². The first kappa shape index (κ1) is 10.8. The molecule has 0 saturated carbocycles. The third-order valence-corrected chi connectivity index (χ3v) is 2.42. The summed E-state index contributed by atoms with van der Waals surface area (Å²) in [4.78, 5) is 12.5. The van der Waals surface area contributed by atoms with Crippen LogP contribution in [0, 0.1) is 13.8 Å². The minimum atomic E-state index is 0.364. The third kappa shape index (κ3) is 2.27. The molecule has 0 fully saturated rings. The van der Waals surface area contributed by atoms with Crippen molar-refractivity contribution < 1.29 is 0 Å². The lowest BCUT2D eigenvalue weighted by Crippen LogP contribution is -2.06. The Morgan fingerprint density at radius 3 is 2.75 bits per heavy atom. The van der Waals surface area contributed by atoms with Crippen molar-refractivity contribution in [2.75, 3.05) is 5.32 Å². The lowest BCUT2D eigenvalue weighted by Gasteiger charge is -2.07. The smallest absolute Gasteiger partial charge is 0.171 e. The summed E-state index contributed by atoms with van der Waals surface area (Å²) in [6.07, 6.45) is 1.45. The van der Waals surface area contributed by atoms with E-state index in [1.165, 1.54) is 6.33 Å². The first-order valence-corrected chi connectivity index (χ1v) is 5.13. The molecule has 0 unspecified atom stereocenters. The number of rotatable bonds is 3. The molecule has 2 heterocycles. The molecule has 7 heteroatoms. The van der Waals surface area contributed by atoms with Crippen molar-refractivity contribution in [2.45, 2.75) is 20.4 Å². The van der Waals surface area contributed by atoms with Crippen molar-refractivity contribution in [3.05, 3.63) is 28.7 Å². The molecule has 0 atom stereocenters. The van der Waals surface area contributed by atoms with Gasteiger partial charge in [0, 0.05) is 0 Å². The summed E-state index contributed by atoms with van der Waals surface area (Å²) < 4.78 is 0. The summed E-state index contributed by atoms with van der Waals surface area (Å²) in [6.45, 7) is 4.24. The van der Waals surface area contributed by atoms with Gasteiger partial charge >= 0.3 is 0 Å². The molecular weight excluding hydrogens is 228 g/mol. The van der Waals surface area contributed by atoms with E-state index >= 15 is 0 Å². The highest BCUT2D eigenvalue weighted by Crippen LogP contribution is 2.18. The normalized spacial score (nSPS) is 10.4. The number of H-pyrrole nitrogens is 1. The van der Waals surface area contributed by atoms with E-state index < -0.39 is 0 Å². The van der Waals surface area contributed by atoms with Crippen molar-refractivity contribution in [1.29, 1.82) is 0 Å². The fourth-order valence-corrected chi connectivity index (χ4v) is 1.41. The monoisotopic (exact) mass is 238 g/mol. The van der Waals surface area contributed by atoms with E-state index in [1.54, 1.807) is 0 Å². The SMILES string of the molecule is Cc1nc(Cl)c(NCc2ncn[nH]2)nc1C. The van der Waals surface area contributed by atoms with Crippen molar-refractivity contribution in [1.82, 2.24) is 25.1 Å². The van der Waals surface area contributed by atoms with Crippen LogP contribution in [0.1, 0.15) is 17.2 Å². The minimum absolute atomic E-state index is 0.364. The Hall–Kier alpha value is -1.69. The van der Waals surface area contributed by atoms with Gasteiger partial charge in [0.1, 0.15) is 12.2 Å². The van der Waals surface area contributed by atoms with E-state index in [4.69, 9.17) is 11.6 Å². The maximum atomic E-state index is 5.96. The summed E-state index contributed by atoms with van der Waals surface area (Å²) >= 11 is 5.96. The molecular formula is C9H11ClN6. The van der Waals surface area contributed by atoms with Gasteiger partial charge in [0.2, 0.25) is 0 Å². The maximum absolute atomic E-state index is 5.96. The molecule has 0 radical (unpaired) electrons. The number of halogens is 1. The molecule has 84 valence electrons. The van der Waals surface area contributed by atoms with Crippen LogP contribution >= 0.6 is 11.6 Å². The molecule has 0 aliphatic carbocycles. The standard InChI is InChI=1S/C9H11ClN6/c1-5-6(2)15-9(8(10)14-5)11-3-7-12-4-13-16-7/h4H,3H2,1-2H3,(H,11,15)(H,12,13,16). The number of hydrogen-bond acceptors (Lipinski definition) is 5. The van der Waals surface area contributed by atoms with E-state index in [0.717, 1.165) is 17.2 Å². The number of nitrogens with zero attached hydrogens (tertiary/aromatic N) is 4. The Kier molecular flexibility index (Phi) is 3.00. The zero-order chi connectivity index (χ0) is 11.5. The van der Waals surface area contributed by atoms with E-state index in [0.29, 0.717) is 17.5 Å². The van der Waals surface area contributed by atoms with Crippen LogP contribution in [0.5, 0.6) is 0 Å². The van der Waals surface area contributed by atoms with Crippen LogP contribution in [-0.4, -0.2) is 25.1 Å². The highest BCUT2D eigenvalue weighted by molar-refractivity contribution is 6.31. The fourth-order valence-electron chi connectivity index (χ4n) is 1.17. The molecule has 0 spiro atoms. The van der Waals surface area contributed by atoms with Gasteiger partial charge in [0.25, 0.3) is 0 Å². The van der Waals surface area contributed by atoms with Gasteiger partial charge in [0.15, 0.2) is 11.0 Å². The first-order valence-electron chi connectivity index (χ1n) is 4.75. The summed E-state index contributed by atoms with van der Waals surface area (Å²) in [5.74, 6) is 1.28. The summed E-state index contributed by atoms with van der Waals surface area (Å²) in [5.41, 5.74) is 1.68. The predicted molar refractivity (Wildman–Crippen MR) is 60.2 cm³/mol. The van der Waals surface area contributed by atoms with Crippen molar-refractivity contribution >= 4 is 17.4 Å². The van der Waals surface area contributed by atoms with Gasteiger partial charge < -0.3 is 5.32 Å². The quantitative estimate of drug-likeness (QED) is 0.847. The number of aromatic nitrogens is 5. The Labute approximate surface area is 97.5 Å². The van der Waals surface area contributed by atoms with Crippen LogP contribution in [-0.2, 0) is 6.54 Å². The minimum Gasteiger partial charge on any atom is -0.360 e. The number of nitrogens with one attached hydrogen (secondary N) is 2. The molecule has 0 amide bonds. The van der Waals surface area contributed by atoms with Crippen LogP contribution in [0.4, 0.5) is 5.82 Å². The summed E-state index contributed by atoms with van der Waals surface area (Å²) in [6, 6.07) is 0. The molecule has 2 N–H and O–H groups in total. The van der Waals surface area contributed by atoms with E-state index in [2.05, 4.69) is 30.5 Å². The average Bonchev–Trinajstić information content (AvgIpc) is 2.74. The second-order valence-corrected chi connectivity index (χ2v) is 3.68. The first-order chi connectivity index (χ1) is 7.66. The maximum Gasteiger partial charge on any atom is 0.171 e. The molecule has 2 aromatic heterocycles. The molecule has 0 aliphatic rings. The Balaban J connectivity index is 2.12. The molecule has 0 aromatic carbocycles. The summed E-state index contributed by atoms with van der Waals surface area (Å²) in [5, 5.41) is 9.89. The molecule has 0 saturated heterocycles. The van der Waals surface area contributed by atoms with Crippen LogP contribution in [0.25, 0.3) is 0 Å². The second kappa shape index (κ2) is 4.44. The molecule has 2 aromatic rings. The lowest BCUT2D eigenvalue weighted by atomic mass is 10.3. The molecule has 16 heavy (non-hydrogen) atoms. The summed E-state index contributed by atoms with van der Waals surface area (Å²) in [7, 11) is 0.